The molecule has 2 rings (SSSR count). The van der Waals surface area contributed by atoms with E-state index in [0.29, 0.717) is 18.5 Å². The molecule has 118 valence electrons. The third kappa shape index (κ3) is 4.51. The molecule has 2 aromatic rings. The minimum atomic E-state index is -0.463. The number of hydroxylamine groups is 1. The van der Waals surface area contributed by atoms with E-state index in [-0.39, 0.29) is 12.3 Å². The van der Waals surface area contributed by atoms with Crippen molar-refractivity contribution in [2.75, 3.05) is 0 Å². The second-order valence-electron chi connectivity index (χ2n) is 5.12. The minimum absolute atomic E-state index is 0.138. The summed E-state index contributed by atoms with van der Waals surface area (Å²) in [4.78, 5) is 11.0. The molecule has 5 nitrogen and oxygen atoms in total. The Balaban J connectivity index is 1.84. The third-order valence-corrected chi connectivity index (χ3v) is 3.79. The number of aryl methyl sites for hydroxylation is 3. The van der Waals surface area contributed by atoms with Gasteiger partial charge in [-0.05, 0) is 43.0 Å². The van der Waals surface area contributed by atoms with Gasteiger partial charge in [0.2, 0.25) is 5.91 Å². The van der Waals surface area contributed by atoms with E-state index < -0.39 is 5.91 Å². The number of aromatic hydroxyl groups is 1. The van der Waals surface area contributed by atoms with Crippen molar-refractivity contribution in [1.82, 2.24) is 10.0 Å². The van der Waals surface area contributed by atoms with Crippen LogP contribution in [0, 0.1) is 0 Å². The van der Waals surface area contributed by atoms with Gasteiger partial charge in [0, 0.05) is 29.7 Å². The van der Waals surface area contributed by atoms with Crippen LogP contribution in [0.25, 0.3) is 0 Å². The van der Waals surface area contributed by atoms with Crippen molar-refractivity contribution in [2.45, 2.75) is 32.2 Å². The highest BCUT2D eigenvalue weighted by molar-refractivity contribution is 6.30. The number of amides is 1. The predicted octanol–water partition coefficient (Wildman–Crippen LogP) is 2.92. The molecule has 6 heteroatoms. The molecular weight excluding hydrogens is 304 g/mol. The van der Waals surface area contributed by atoms with Crippen molar-refractivity contribution in [3.05, 3.63) is 52.7 Å². The van der Waals surface area contributed by atoms with E-state index in [1.165, 1.54) is 5.56 Å². The Kier molecular flexibility index (Phi) is 5.86. The quantitative estimate of drug-likeness (QED) is 0.542. The lowest BCUT2D eigenvalue weighted by Gasteiger charge is -2.06. The summed E-state index contributed by atoms with van der Waals surface area (Å²) in [6.45, 7) is 0.695. The standard InChI is InChI=1S/C16H19ClN2O3/c17-14-6-3-12(4-7-14)2-1-10-19-11-9-13(16(19)21)5-8-15(20)18-22/h3-4,6-7,9,11,21-22H,1-2,5,8,10H2,(H,18,20). The van der Waals surface area contributed by atoms with Gasteiger partial charge < -0.3 is 9.67 Å². The molecule has 0 saturated carbocycles. The van der Waals surface area contributed by atoms with Gasteiger partial charge in [-0.1, -0.05) is 23.7 Å². The molecule has 0 aliphatic carbocycles. The predicted molar refractivity (Wildman–Crippen MR) is 84.1 cm³/mol. The van der Waals surface area contributed by atoms with E-state index in [1.54, 1.807) is 16.1 Å². The minimum Gasteiger partial charge on any atom is -0.494 e. The number of nitrogens with one attached hydrogen (secondary N) is 1. The number of aromatic nitrogens is 1. The van der Waals surface area contributed by atoms with Gasteiger partial charge >= 0.3 is 0 Å². The van der Waals surface area contributed by atoms with E-state index in [1.807, 2.05) is 30.5 Å². The van der Waals surface area contributed by atoms with Gasteiger partial charge in [-0.2, -0.15) is 0 Å². The summed E-state index contributed by atoms with van der Waals surface area (Å²) in [6, 6.07) is 9.53. The molecule has 1 heterocycles. The van der Waals surface area contributed by atoms with Crippen LogP contribution in [0.2, 0.25) is 5.02 Å². The molecule has 0 aliphatic rings. The van der Waals surface area contributed by atoms with Gasteiger partial charge in [0.15, 0.2) is 5.88 Å². The highest BCUT2D eigenvalue weighted by Gasteiger charge is 2.09. The van der Waals surface area contributed by atoms with Crippen LogP contribution in [0.3, 0.4) is 0 Å². The van der Waals surface area contributed by atoms with Crippen LogP contribution < -0.4 is 5.48 Å². The van der Waals surface area contributed by atoms with Crippen LogP contribution in [0.4, 0.5) is 0 Å². The number of hydrogen-bond acceptors (Lipinski definition) is 3. The summed E-state index contributed by atoms with van der Waals surface area (Å²) in [7, 11) is 0. The first-order valence-electron chi connectivity index (χ1n) is 7.14. The van der Waals surface area contributed by atoms with E-state index in [0.717, 1.165) is 17.9 Å². The van der Waals surface area contributed by atoms with Crippen LogP contribution >= 0.6 is 11.6 Å². The van der Waals surface area contributed by atoms with Gasteiger partial charge in [0.25, 0.3) is 0 Å². The molecule has 22 heavy (non-hydrogen) atoms. The lowest BCUT2D eigenvalue weighted by molar-refractivity contribution is -0.129. The monoisotopic (exact) mass is 322 g/mol. The van der Waals surface area contributed by atoms with Gasteiger partial charge in [0.05, 0.1) is 0 Å². The van der Waals surface area contributed by atoms with Gasteiger partial charge in [-0.15, -0.1) is 0 Å². The first kappa shape index (κ1) is 16.4. The molecule has 1 aromatic carbocycles. The zero-order valence-electron chi connectivity index (χ0n) is 12.1. The second kappa shape index (κ2) is 7.87. The van der Waals surface area contributed by atoms with Crippen molar-refractivity contribution in [2.24, 2.45) is 0 Å². The number of rotatable bonds is 7. The SMILES string of the molecule is O=C(CCc1ccn(CCCc2ccc(Cl)cc2)c1O)NO. The number of benzene rings is 1. The van der Waals surface area contributed by atoms with Gasteiger partial charge in [-0.3, -0.25) is 10.0 Å². The number of carbonyl (C=O) groups is 1. The topological polar surface area (TPSA) is 74.5 Å². The summed E-state index contributed by atoms with van der Waals surface area (Å²) in [6.07, 6.45) is 4.13. The first-order chi connectivity index (χ1) is 10.6. The lowest BCUT2D eigenvalue weighted by Crippen LogP contribution is -2.18. The maximum Gasteiger partial charge on any atom is 0.243 e. The zero-order valence-corrected chi connectivity index (χ0v) is 12.9. The second-order valence-corrected chi connectivity index (χ2v) is 5.56. The Morgan fingerprint density at radius 1 is 1.18 bits per heavy atom. The summed E-state index contributed by atoms with van der Waals surface area (Å²) in [5.74, 6) is -0.281. The Hall–Kier alpha value is -1.98. The van der Waals surface area contributed by atoms with Crippen LogP contribution in [0.5, 0.6) is 5.88 Å². The molecule has 0 saturated heterocycles. The van der Waals surface area contributed by atoms with E-state index in [9.17, 15) is 9.90 Å². The summed E-state index contributed by atoms with van der Waals surface area (Å²) < 4.78 is 1.77. The molecule has 0 fully saturated rings. The zero-order chi connectivity index (χ0) is 15.9. The number of halogens is 1. The molecule has 0 unspecified atom stereocenters. The van der Waals surface area contributed by atoms with Crippen molar-refractivity contribution in [3.63, 3.8) is 0 Å². The van der Waals surface area contributed by atoms with Crippen LogP contribution in [0.1, 0.15) is 24.0 Å². The van der Waals surface area contributed by atoms with Crippen LogP contribution in [0.15, 0.2) is 36.5 Å². The molecule has 3 N–H and O–H groups in total. The third-order valence-electron chi connectivity index (χ3n) is 3.54. The van der Waals surface area contributed by atoms with E-state index in [2.05, 4.69) is 0 Å². The molecule has 0 radical (unpaired) electrons. The van der Waals surface area contributed by atoms with Crippen molar-refractivity contribution < 1.29 is 15.1 Å². The number of hydrogen-bond donors (Lipinski definition) is 3. The van der Waals surface area contributed by atoms with Crippen molar-refractivity contribution >= 4 is 17.5 Å². The lowest BCUT2D eigenvalue weighted by atomic mass is 10.1. The number of nitrogens with zero attached hydrogens (tertiary/aromatic N) is 1. The Morgan fingerprint density at radius 3 is 2.59 bits per heavy atom. The Morgan fingerprint density at radius 2 is 1.91 bits per heavy atom. The fourth-order valence-corrected chi connectivity index (χ4v) is 2.42. The van der Waals surface area contributed by atoms with Crippen molar-refractivity contribution in [3.8, 4) is 5.88 Å². The Labute approximate surface area is 134 Å². The smallest absolute Gasteiger partial charge is 0.243 e. The highest BCUT2D eigenvalue weighted by atomic mass is 35.5. The molecular formula is C16H19ClN2O3. The molecule has 1 aromatic heterocycles. The van der Waals surface area contributed by atoms with E-state index >= 15 is 0 Å². The first-order valence-corrected chi connectivity index (χ1v) is 7.52. The molecule has 0 spiro atoms. The fraction of sp³-hybridized carbons (Fsp3) is 0.312. The Bertz CT molecular complexity index is 623. The van der Waals surface area contributed by atoms with Crippen LogP contribution in [-0.4, -0.2) is 20.8 Å². The highest BCUT2D eigenvalue weighted by Crippen LogP contribution is 2.21. The molecule has 0 atom stereocenters. The fourth-order valence-electron chi connectivity index (χ4n) is 2.29. The largest absolute Gasteiger partial charge is 0.494 e. The molecule has 0 aliphatic heterocycles. The van der Waals surface area contributed by atoms with Crippen LogP contribution in [-0.2, 0) is 24.2 Å². The maximum absolute atomic E-state index is 11.0. The van der Waals surface area contributed by atoms with E-state index in [4.69, 9.17) is 16.8 Å². The van der Waals surface area contributed by atoms with Crippen molar-refractivity contribution in [1.29, 1.82) is 0 Å². The maximum atomic E-state index is 11.0. The molecule has 1 amide bonds. The molecule has 0 bridgehead atoms. The summed E-state index contributed by atoms with van der Waals surface area (Å²) >= 11 is 5.85. The average molecular weight is 323 g/mol. The average Bonchev–Trinajstić information content (AvgIpc) is 2.87. The summed E-state index contributed by atoms with van der Waals surface area (Å²) in [5.41, 5.74) is 3.49. The van der Waals surface area contributed by atoms with Gasteiger partial charge in [0.1, 0.15) is 0 Å². The van der Waals surface area contributed by atoms with Gasteiger partial charge in [-0.25, -0.2) is 5.48 Å². The normalized spacial score (nSPS) is 10.6. The number of carbonyl (C=O) groups excluding carboxylic acids is 1. The summed E-state index contributed by atoms with van der Waals surface area (Å²) in [5, 5.41) is 19.3.